The molecule has 0 saturated carbocycles. The summed E-state index contributed by atoms with van der Waals surface area (Å²) in [5.74, 6) is 1.49. The highest BCUT2D eigenvalue weighted by Gasteiger charge is 2.08. The summed E-state index contributed by atoms with van der Waals surface area (Å²) in [5, 5.41) is 0. The second kappa shape index (κ2) is 7.49. The molecule has 0 aliphatic heterocycles. The molecular formula is C19H20O4. The van der Waals surface area contributed by atoms with Gasteiger partial charge in [-0.1, -0.05) is 18.2 Å². The van der Waals surface area contributed by atoms with Gasteiger partial charge in [-0.25, -0.2) is 4.79 Å². The number of carbonyl (C=O) groups excluding carboxylic acids is 1. The van der Waals surface area contributed by atoms with Crippen LogP contribution < -0.4 is 14.2 Å². The van der Waals surface area contributed by atoms with E-state index in [1.807, 2.05) is 38.1 Å². The number of aryl methyl sites for hydroxylation is 2. The van der Waals surface area contributed by atoms with Gasteiger partial charge in [-0.05, 0) is 43.2 Å². The number of esters is 1. The van der Waals surface area contributed by atoms with Gasteiger partial charge in [0.2, 0.25) is 0 Å². The molecule has 0 aromatic heterocycles. The van der Waals surface area contributed by atoms with Gasteiger partial charge in [0, 0.05) is 17.7 Å². The van der Waals surface area contributed by atoms with E-state index in [-0.39, 0.29) is 0 Å². The van der Waals surface area contributed by atoms with Gasteiger partial charge in [0.05, 0.1) is 14.2 Å². The van der Waals surface area contributed by atoms with Crippen LogP contribution in [0, 0.1) is 13.8 Å². The van der Waals surface area contributed by atoms with Gasteiger partial charge in [-0.3, -0.25) is 0 Å². The molecule has 0 amide bonds. The van der Waals surface area contributed by atoms with Crippen molar-refractivity contribution in [1.82, 2.24) is 0 Å². The van der Waals surface area contributed by atoms with Crippen molar-refractivity contribution in [2.24, 2.45) is 0 Å². The van der Waals surface area contributed by atoms with Crippen LogP contribution >= 0.6 is 0 Å². The van der Waals surface area contributed by atoms with E-state index in [0.717, 1.165) is 16.7 Å². The summed E-state index contributed by atoms with van der Waals surface area (Å²) < 4.78 is 15.9. The van der Waals surface area contributed by atoms with Crippen molar-refractivity contribution in [1.29, 1.82) is 0 Å². The molecule has 23 heavy (non-hydrogen) atoms. The number of carbonyl (C=O) groups is 1. The normalized spacial score (nSPS) is 10.6. The molecule has 4 heteroatoms. The van der Waals surface area contributed by atoms with Gasteiger partial charge in [0.15, 0.2) is 0 Å². The minimum Gasteiger partial charge on any atom is -0.497 e. The molecule has 0 radical (unpaired) electrons. The van der Waals surface area contributed by atoms with Crippen molar-refractivity contribution < 1.29 is 19.0 Å². The minimum absolute atomic E-state index is 0.430. The van der Waals surface area contributed by atoms with E-state index in [0.29, 0.717) is 17.2 Å². The van der Waals surface area contributed by atoms with Crippen LogP contribution in [0.25, 0.3) is 6.08 Å². The van der Waals surface area contributed by atoms with Crippen LogP contribution in [0.15, 0.2) is 42.5 Å². The quantitative estimate of drug-likeness (QED) is 0.476. The smallest absolute Gasteiger partial charge is 0.336 e. The number of benzene rings is 2. The van der Waals surface area contributed by atoms with Gasteiger partial charge in [0.25, 0.3) is 0 Å². The van der Waals surface area contributed by atoms with Crippen LogP contribution in [-0.4, -0.2) is 20.2 Å². The zero-order chi connectivity index (χ0) is 16.8. The summed E-state index contributed by atoms with van der Waals surface area (Å²) in [4.78, 5) is 12.0. The molecule has 0 saturated heterocycles. The molecule has 4 nitrogen and oxygen atoms in total. The number of rotatable bonds is 5. The van der Waals surface area contributed by atoms with Crippen LogP contribution in [0.5, 0.6) is 17.2 Å². The maximum Gasteiger partial charge on any atom is 0.336 e. The van der Waals surface area contributed by atoms with Crippen LogP contribution in [0.3, 0.4) is 0 Å². The van der Waals surface area contributed by atoms with Crippen LogP contribution in [0.1, 0.15) is 16.7 Å². The predicted octanol–water partition coefficient (Wildman–Crippen LogP) is 3.94. The molecule has 120 valence electrons. The molecule has 2 rings (SSSR count). The van der Waals surface area contributed by atoms with Crippen molar-refractivity contribution in [3.63, 3.8) is 0 Å². The Kier molecular flexibility index (Phi) is 5.41. The van der Waals surface area contributed by atoms with E-state index < -0.39 is 5.97 Å². The number of ether oxygens (including phenoxy) is 3. The van der Waals surface area contributed by atoms with E-state index in [2.05, 4.69) is 0 Å². The third-order valence-electron chi connectivity index (χ3n) is 3.45. The third-order valence-corrected chi connectivity index (χ3v) is 3.45. The van der Waals surface area contributed by atoms with Crippen molar-refractivity contribution in [2.45, 2.75) is 13.8 Å². The van der Waals surface area contributed by atoms with Crippen LogP contribution in [0.2, 0.25) is 0 Å². The lowest BCUT2D eigenvalue weighted by Crippen LogP contribution is -2.06. The molecule has 0 heterocycles. The number of para-hydroxylation sites is 1. The van der Waals surface area contributed by atoms with Crippen molar-refractivity contribution >= 4 is 12.0 Å². The summed E-state index contributed by atoms with van der Waals surface area (Å²) in [6.45, 7) is 3.82. The van der Waals surface area contributed by atoms with Crippen molar-refractivity contribution in [2.75, 3.05) is 14.2 Å². The number of methoxy groups -OCH3 is 2. The fraction of sp³-hybridized carbons (Fsp3) is 0.211. The standard InChI is InChI=1S/C19H20O4/c1-13-6-5-7-14(2)19(13)23-18(20)11-9-15-8-10-16(21-3)12-17(15)22-4/h5-12H,1-4H3. The summed E-state index contributed by atoms with van der Waals surface area (Å²) >= 11 is 0. The Morgan fingerprint density at radius 1 is 1.00 bits per heavy atom. The van der Waals surface area contributed by atoms with E-state index in [1.54, 1.807) is 32.4 Å². The summed E-state index contributed by atoms with van der Waals surface area (Å²) in [7, 11) is 3.16. The molecule has 0 fully saturated rings. The van der Waals surface area contributed by atoms with E-state index >= 15 is 0 Å². The fourth-order valence-electron chi connectivity index (χ4n) is 2.21. The highest BCUT2D eigenvalue weighted by atomic mass is 16.5. The molecule has 0 spiro atoms. The zero-order valence-corrected chi connectivity index (χ0v) is 13.8. The lowest BCUT2D eigenvalue weighted by Gasteiger charge is -2.09. The monoisotopic (exact) mass is 312 g/mol. The Bertz CT molecular complexity index is 712. The highest BCUT2D eigenvalue weighted by molar-refractivity contribution is 5.89. The Morgan fingerprint density at radius 3 is 2.30 bits per heavy atom. The topological polar surface area (TPSA) is 44.8 Å². The molecule has 0 unspecified atom stereocenters. The minimum atomic E-state index is -0.430. The van der Waals surface area contributed by atoms with E-state index in [4.69, 9.17) is 14.2 Å². The van der Waals surface area contributed by atoms with Crippen molar-refractivity contribution in [3.05, 3.63) is 59.2 Å². The average Bonchev–Trinajstić information content (AvgIpc) is 2.56. The van der Waals surface area contributed by atoms with Gasteiger partial charge in [-0.15, -0.1) is 0 Å². The van der Waals surface area contributed by atoms with Gasteiger partial charge < -0.3 is 14.2 Å². The Labute approximate surface area is 136 Å². The first-order chi connectivity index (χ1) is 11.0. The van der Waals surface area contributed by atoms with Crippen LogP contribution in [-0.2, 0) is 4.79 Å². The molecular weight excluding hydrogens is 292 g/mol. The Balaban J connectivity index is 2.15. The lowest BCUT2D eigenvalue weighted by atomic mass is 10.1. The Hall–Kier alpha value is -2.75. The molecule has 0 aliphatic rings. The predicted molar refractivity (Wildman–Crippen MR) is 90.1 cm³/mol. The summed E-state index contributed by atoms with van der Waals surface area (Å²) in [6.07, 6.45) is 3.05. The van der Waals surface area contributed by atoms with Crippen molar-refractivity contribution in [3.8, 4) is 17.2 Å². The third kappa shape index (κ3) is 4.13. The first kappa shape index (κ1) is 16.6. The largest absolute Gasteiger partial charge is 0.497 e. The maximum absolute atomic E-state index is 12.0. The number of hydrogen-bond donors (Lipinski definition) is 0. The molecule has 0 bridgehead atoms. The first-order valence-electron chi connectivity index (χ1n) is 7.23. The van der Waals surface area contributed by atoms with E-state index in [1.165, 1.54) is 6.08 Å². The lowest BCUT2D eigenvalue weighted by molar-refractivity contribution is -0.129. The van der Waals surface area contributed by atoms with Gasteiger partial charge in [0.1, 0.15) is 17.2 Å². The fourth-order valence-corrected chi connectivity index (χ4v) is 2.21. The molecule has 2 aromatic carbocycles. The highest BCUT2D eigenvalue weighted by Crippen LogP contribution is 2.26. The molecule has 0 atom stereocenters. The summed E-state index contributed by atoms with van der Waals surface area (Å²) in [6, 6.07) is 11.1. The zero-order valence-electron chi connectivity index (χ0n) is 13.8. The second-order valence-electron chi connectivity index (χ2n) is 5.08. The second-order valence-corrected chi connectivity index (χ2v) is 5.08. The molecule has 2 aromatic rings. The molecule has 0 N–H and O–H groups in total. The Morgan fingerprint density at radius 2 is 1.70 bits per heavy atom. The average molecular weight is 312 g/mol. The molecule has 0 aliphatic carbocycles. The maximum atomic E-state index is 12.0. The van der Waals surface area contributed by atoms with Gasteiger partial charge in [-0.2, -0.15) is 0 Å². The van der Waals surface area contributed by atoms with E-state index in [9.17, 15) is 4.79 Å². The van der Waals surface area contributed by atoms with Crippen LogP contribution in [0.4, 0.5) is 0 Å². The SMILES string of the molecule is COc1ccc(C=CC(=O)Oc2c(C)cccc2C)c(OC)c1. The van der Waals surface area contributed by atoms with Gasteiger partial charge >= 0.3 is 5.97 Å². The summed E-state index contributed by atoms with van der Waals surface area (Å²) in [5.41, 5.74) is 2.62. The number of hydrogen-bond acceptors (Lipinski definition) is 4. The first-order valence-corrected chi connectivity index (χ1v) is 7.23.